The van der Waals surface area contributed by atoms with Gasteiger partial charge in [-0.2, -0.15) is 0 Å². The van der Waals surface area contributed by atoms with E-state index in [2.05, 4.69) is 59.1 Å². The van der Waals surface area contributed by atoms with Gasteiger partial charge in [-0.3, -0.25) is 4.98 Å². The Kier molecular flexibility index (Phi) is 8.01. The molecule has 138 valence electrons. The number of anilines is 1. The van der Waals surface area contributed by atoms with Crippen LogP contribution in [0.3, 0.4) is 0 Å². The number of nitrogens with zero attached hydrogens (tertiary/aromatic N) is 3. The van der Waals surface area contributed by atoms with Crippen molar-refractivity contribution in [3.63, 3.8) is 0 Å². The summed E-state index contributed by atoms with van der Waals surface area (Å²) < 4.78 is 0. The summed E-state index contributed by atoms with van der Waals surface area (Å²) in [5.74, 6) is 0.678. The van der Waals surface area contributed by atoms with Gasteiger partial charge in [0, 0.05) is 49.7 Å². The Bertz CT molecular complexity index is 681. The van der Waals surface area contributed by atoms with Crippen molar-refractivity contribution in [3.8, 4) is 0 Å². The third-order valence-electron chi connectivity index (χ3n) is 5.15. The van der Waals surface area contributed by atoms with E-state index in [1.165, 1.54) is 29.9 Å². The van der Waals surface area contributed by atoms with E-state index < -0.39 is 0 Å². The minimum atomic E-state index is 0. The molecular formula is C19H26Cl3N3. The van der Waals surface area contributed by atoms with Crippen LogP contribution in [0.1, 0.15) is 22.6 Å². The van der Waals surface area contributed by atoms with Crippen LogP contribution in [0.5, 0.6) is 0 Å². The average Bonchev–Trinajstić information content (AvgIpc) is 3.02. The second kappa shape index (κ2) is 9.09. The Hall–Kier alpha value is -1.000. The number of pyridine rings is 1. The van der Waals surface area contributed by atoms with Crippen molar-refractivity contribution in [1.29, 1.82) is 0 Å². The zero-order chi connectivity index (χ0) is 15.1. The summed E-state index contributed by atoms with van der Waals surface area (Å²) in [6, 6.07) is 11.9. The lowest BCUT2D eigenvalue weighted by Crippen LogP contribution is -2.37. The summed E-state index contributed by atoms with van der Waals surface area (Å²) >= 11 is 0. The van der Waals surface area contributed by atoms with Crippen LogP contribution in [0.25, 0.3) is 0 Å². The van der Waals surface area contributed by atoms with Gasteiger partial charge >= 0.3 is 0 Å². The maximum Gasteiger partial charge on any atom is 0.0498 e. The summed E-state index contributed by atoms with van der Waals surface area (Å²) in [5.41, 5.74) is 5.77. The molecule has 2 aromatic rings. The van der Waals surface area contributed by atoms with Crippen molar-refractivity contribution in [2.75, 3.05) is 31.6 Å². The van der Waals surface area contributed by atoms with Gasteiger partial charge in [-0.25, -0.2) is 0 Å². The topological polar surface area (TPSA) is 19.4 Å². The van der Waals surface area contributed by atoms with Gasteiger partial charge in [-0.15, -0.1) is 37.2 Å². The average molecular weight is 403 g/mol. The van der Waals surface area contributed by atoms with Crippen molar-refractivity contribution >= 4 is 42.9 Å². The van der Waals surface area contributed by atoms with E-state index in [9.17, 15) is 0 Å². The lowest BCUT2D eigenvalue weighted by Gasteiger charge is -2.27. The standard InChI is InChI=1S/C19H23N3.3ClH/c1-14-3-4-18-16(11-14)17-12-21(2)13-19(17)22(18)10-7-15-5-8-20-9-6-15;;;/h3-6,8-9,11,17,19H,7,10,12-13H2,1-2H3;3*1H/t17-,19-;;;/m1.../s1. The largest absolute Gasteiger partial charge is 0.366 e. The maximum atomic E-state index is 4.11. The van der Waals surface area contributed by atoms with Crippen LogP contribution in [0.2, 0.25) is 0 Å². The molecule has 2 atom stereocenters. The van der Waals surface area contributed by atoms with Gasteiger partial charge in [0.25, 0.3) is 0 Å². The third-order valence-corrected chi connectivity index (χ3v) is 5.15. The Morgan fingerprint density at radius 2 is 1.76 bits per heavy atom. The second-order valence-corrected chi connectivity index (χ2v) is 6.76. The van der Waals surface area contributed by atoms with Crippen LogP contribution < -0.4 is 4.90 Å². The van der Waals surface area contributed by atoms with E-state index >= 15 is 0 Å². The van der Waals surface area contributed by atoms with Crippen LogP contribution >= 0.6 is 37.2 Å². The van der Waals surface area contributed by atoms with E-state index in [0.717, 1.165) is 13.0 Å². The van der Waals surface area contributed by atoms with Crippen LogP contribution in [0.15, 0.2) is 42.7 Å². The highest BCUT2D eigenvalue weighted by Gasteiger charge is 2.43. The van der Waals surface area contributed by atoms with Crippen LogP contribution in [0, 0.1) is 6.92 Å². The Labute approximate surface area is 169 Å². The van der Waals surface area contributed by atoms with Gasteiger partial charge < -0.3 is 9.80 Å². The molecule has 1 aromatic heterocycles. The summed E-state index contributed by atoms with van der Waals surface area (Å²) in [6.07, 6.45) is 4.87. The number of rotatable bonds is 3. The van der Waals surface area contributed by atoms with Crippen molar-refractivity contribution in [1.82, 2.24) is 9.88 Å². The highest BCUT2D eigenvalue weighted by molar-refractivity contribution is 5.86. The molecule has 6 heteroatoms. The first-order valence-corrected chi connectivity index (χ1v) is 8.17. The molecule has 2 aliphatic heterocycles. The number of likely N-dealkylation sites (N-methyl/N-ethyl adjacent to an activating group) is 1. The zero-order valence-corrected chi connectivity index (χ0v) is 17.0. The van der Waals surface area contributed by atoms with Gasteiger partial charge in [0.2, 0.25) is 0 Å². The summed E-state index contributed by atoms with van der Waals surface area (Å²) in [4.78, 5) is 9.23. The zero-order valence-electron chi connectivity index (χ0n) is 14.6. The minimum Gasteiger partial charge on any atom is -0.366 e. The highest BCUT2D eigenvalue weighted by atomic mass is 35.5. The van der Waals surface area contributed by atoms with Crippen LogP contribution in [-0.2, 0) is 6.42 Å². The van der Waals surface area contributed by atoms with Crippen molar-refractivity contribution in [2.45, 2.75) is 25.3 Å². The van der Waals surface area contributed by atoms with E-state index in [1.807, 2.05) is 12.4 Å². The number of hydrogen-bond donors (Lipinski definition) is 0. The summed E-state index contributed by atoms with van der Waals surface area (Å²) in [7, 11) is 2.24. The van der Waals surface area contributed by atoms with E-state index in [-0.39, 0.29) is 37.2 Å². The molecule has 25 heavy (non-hydrogen) atoms. The molecule has 1 aromatic carbocycles. The van der Waals surface area contributed by atoms with Crippen molar-refractivity contribution in [3.05, 3.63) is 59.4 Å². The first-order chi connectivity index (χ1) is 10.7. The summed E-state index contributed by atoms with van der Waals surface area (Å²) in [5, 5.41) is 0. The molecule has 0 bridgehead atoms. The Morgan fingerprint density at radius 3 is 2.48 bits per heavy atom. The molecule has 3 heterocycles. The first kappa shape index (κ1) is 22.0. The molecule has 0 aliphatic carbocycles. The number of likely N-dealkylation sites (tertiary alicyclic amines) is 1. The molecule has 0 N–H and O–H groups in total. The normalized spacial score (nSPS) is 20.8. The molecule has 1 fully saturated rings. The molecule has 0 spiro atoms. The molecule has 1 saturated heterocycles. The van der Waals surface area contributed by atoms with E-state index in [1.54, 1.807) is 5.56 Å². The van der Waals surface area contributed by atoms with Gasteiger partial charge in [-0.1, -0.05) is 17.7 Å². The van der Waals surface area contributed by atoms with Gasteiger partial charge in [0.1, 0.15) is 0 Å². The highest BCUT2D eigenvalue weighted by Crippen LogP contribution is 2.44. The van der Waals surface area contributed by atoms with Gasteiger partial charge in [-0.05, 0) is 49.7 Å². The molecular weight excluding hydrogens is 377 g/mol. The van der Waals surface area contributed by atoms with Crippen molar-refractivity contribution < 1.29 is 0 Å². The number of aryl methyl sites for hydroxylation is 1. The van der Waals surface area contributed by atoms with Gasteiger partial charge in [0.15, 0.2) is 0 Å². The monoisotopic (exact) mass is 401 g/mol. The molecule has 4 rings (SSSR count). The molecule has 3 nitrogen and oxygen atoms in total. The van der Waals surface area contributed by atoms with Crippen LogP contribution in [-0.4, -0.2) is 42.6 Å². The smallest absolute Gasteiger partial charge is 0.0498 e. The molecule has 0 radical (unpaired) electrons. The lowest BCUT2D eigenvalue weighted by atomic mass is 9.97. The fraction of sp³-hybridized carbons (Fsp3) is 0.421. The maximum absolute atomic E-state index is 4.11. The molecule has 0 saturated carbocycles. The van der Waals surface area contributed by atoms with Gasteiger partial charge in [0.05, 0.1) is 0 Å². The number of benzene rings is 1. The van der Waals surface area contributed by atoms with E-state index in [0.29, 0.717) is 12.0 Å². The SMILES string of the molecule is Cc1ccc2c(c1)[C@H]1CN(C)C[C@H]1N2CCc1ccncc1.Cl.Cl.Cl. The van der Waals surface area contributed by atoms with Crippen molar-refractivity contribution in [2.24, 2.45) is 0 Å². The lowest BCUT2D eigenvalue weighted by molar-refractivity contribution is 0.403. The predicted octanol–water partition coefficient (Wildman–Crippen LogP) is 4.12. The summed E-state index contributed by atoms with van der Waals surface area (Å²) in [6.45, 7) is 5.66. The molecule has 2 aliphatic rings. The van der Waals surface area contributed by atoms with E-state index in [4.69, 9.17) is 0 Å². The predicted molar refractivity (Wildman–Crippen MR) is 112 cm³/mol. The second-order valence-electron chi connectivity index (χ2n) is 6.76. The molecule has 0 amide bonds. The fourth-order valence-corrected chi connectivity index (χ4v) is 4.10. The first-order valence-electron chi connectivity index (χ1n) is 8.17. The molecule has 0 unspecified atom stereocenters. The number of aromatic nitrogens is 1. The minimum absolute atomic E-state index is 0. The van der Waals surface area contributed by atoms with Crippen LogP contribution in [0.4, 0.5) is 5.69 Å². The number of hydrogen-bond acceptors (Lipinski definition) is 3. The Morgan fingerprint density at radius 1 is 1.04 bits per heavy atom. The third kappa shape index (κ3) is 4.22. The number of halogens is 3. The Balaban J connectivity index is 0.00000104. The quantitative estimate of drug-likeness (QED) is 0.770. The fourth-order valence-electron chi connectivity index (χ4n) is 4.10. The number of fused-ring (bicyclic) bond motifs is 3.